The molecule has 0 saturated heterocycles. The maximum absolute atomic E-state index is 11.5. The molecule has 6 unspecified atom stereocenters. The Hall–Kier alpha value is -0.870. The van der Waals surface area contributed by atoms with E-state index in [0.717, 1.165) is 6.42 Å². The minimum absolute atomic E-state index is 0.0126. The van der Waals surface area contributed by atoms with E-state index in [1.807, 2.05) is 0 Å². The fourth-order valence-corrected chi connectivity index (χ4v) is 5.90. The number of ether oxygens (including phenoxy) is 1. The molecule has 3 aliphatic rings. The molecular weight excluding hydrogens is 268 g/mol. The highest BCUT2D eigenvalue weighted by Crippen LogP contribution is 2.71. The summed E-state index contributed by atoms with van der Waals surface area (Å²) in [5, 5.41) is 22.0. The van der Waals surface area contributed by atoms with E-state index in [1.165, 1.54) is 6.92 Å². The molecule has 3 fully saturated rings. The normalized spacial score (nSPS) is 50.9. The highest BCUT2D eigenvalue weighted by Gasteiger charge is 2.73. The largest absolute Gasteiger partial charge is 0.458 e. The Morgan fingerprint density at radius 2 is 1.95 bits per heavy atom. The fourth-order valence-electron chi connectivity index (χ4n) is 5.90. The van der Waals surface area contributed by atoms with E-state index in [1.54, 1.807) is 0 Å². The first-order valence-electron chi connectivity index (χ1n) is 7.80. The molecule has 6 atom stereocenters. The van der Waals surface area contributed by atoms with Gasteiger partial charge in [0, 0.05) is 18.3 Å². The van der Waals surface area contributed by atoms with Crippen LogP contribution in [0.3, 0.4) is 0 Å². The molecule has 118 valence electrons. The molecule has 0 aliphatic heterocycles. The Bertz CT molecular complexity index is 511. The van der Waals surface area contributed by atoms with Crippen LogP contribution in [0.4, 0.5) is 0 Å². The number of carbonyl (C=O) groups is 1. The van der Waals surface area contributed by atoms with Gasteiger partial charge in [-0.25, -0.2) is 0 Å². The molecule has 0 aromatic rings. The van der Waals surface area contributed by atoms with Crippen LogP contribution in [0.5, 0.6) is 0 Å². The van der Waals surface area contributed by atoms with Gasteiger partial charge in [0.2, 0.25) is 0 Å². The Labute approximate surface area is 126 Å². The summed E-state index contributed by atoms with van der Waals surface area (Å²) < 4.78 is 5.34. The zero-order valence-electron chi connectivity index (χ0n) is 13.3. The summed E-state index contributed by atoms with van der Waals surface area (Å²) >= 11 is 0. The maximum atomic E-state index is 11.5. The molecule has 0 bridgehead atoms. The van der Waals surface area contributed by atoms with Gasteiger partial charge < -0.3 is 14.9 Å². The third-order valence-corrected chi connectivity index (χ3v) is 6.38. The molecule has 21 heavy (non-hydrogen) atoms. The van der Waals surface area contributed by atoms with Crippen molar-refractivity contribution in [2.75, 3.05) is 0 Å². The van der Waals surface area contributed by atoms with E-state index >= 15 is 0 Å². The molecule has 4 heteroatoms. The first-order chi connectivity index (χ1) is 9.53. The summed E-state index contributed by atoms with van der Waals surface area (Å²) in [5.41, 5.74) is -0.854. The van der Waals surface area contributed by atoms with E-state index in [4.69, 9.17) is 4.74 Å². The van der Waals surface area contributed by atoms with Crippen molar-refractivity contribution in [2.45, 2.75) is 64.8 Å². The monoisotopic (exact) mass is 294 g/mol. The van der Waals surface area contributed by atoms with E-state index in [2.05, 4.69) is 27.4 Å². The highest BCUT2D eigenvalue weighted by molar-refractivity contribution is 5.66. The summed E-state index contributed by atoms with van der Waals surface area (Å²) in [6.07, 6.45) is 1.27. The lowest BCUT2D eigenvalue weighted by molar-refractivity contribution is -0.144. The maximum Gasteiger partial charge on any atom is 0.303 e. The number of hydrogen-bond acceptors (Lipinski definition) is 4. The lowest BCUT2D eigenvalue weighted by Crippen LogP contribution is -2.47. The molecular formula is C17H26O4. The molecule has 0 aromatic carbocycles. The third-order valence-electron chi connectivity index (χ3n) is 6.38. The average molecular weight is 294 g/mol. The summed E-state index contributed by atoms with van der Waals surface area (Å²) in [5.74, 6) is -0.373. The van der Waals surface area contributed by atoms with Crippen LogP contribution in [-0.2, 0) is 9.53 Å². The number of aliphatic hydroxyl groups is 2. The summed E-state index contributed by atoms with van der Waals surface area (Å²) in [4.78, 5) is 11.3. The second-order valence-electron chi connectivity index (χ2n) is 8.23. The smallest absolute Gasteiger partial charge is 0.303 e. The number of esters is 1. The van der Waals surface area contributed by atoms with Gasteiger partial charge in [-0.05, 0) is 36.2 Å². The van der Waals surface area contributed by atoms with Crippen molar-refractivity contribution in [3.05, 3.63) is 12.2 Å². The van der Waals surface area contributed by atoms with E-state index in [-0.39, 0.29) is 28.6 Å². The molecule has 4 nitrogen and oxygen atoms in total. The van der Waals surface area contributed by atoms with Crippen LogP contribution in [0.15, 0.2) is 12.2 Å². The van der Waals surface area contributed by atoms with E-state index < -0.39 is 17.8 Å². The number of aliphatic hydroxyl groups excluding tert-OH is 1. The minimum Gasteiger partial charge on any atom is -0.458 e. The lowest BCUT2D eigenvalue weighted by Gasteiger charge is -2.42. The number of hydrogen-bond donors (Lipinski definition) is 2. The van der Waals surface area contributed by atoms with Crippen molar-refractivity contribution >= 4 is 5.97 Å². The van der Waals surface area contributed by atoms with Crippen LogP contribution < -0.4 is 0 Å². The van der Waals surface area contributed by atoms with Crippen LogP contribution in [0, 0.1) is 22.7 Å². The van der Waals surface area contributed by atoms with Crippen molar-refractivity contribution in [2.24, 2.45) is 22.7 Å². The van der Waals surface area contributed by atoms with Gasteiger partial charge in [0.1, 0.15) is 6.10 Å². The Kier molecular flexibility index (Phi) is 2.94. The van der Waals surface area contributed by atoms with Crippen LogP contribution in [0.2, 0.25) is 0 Å². The standard InChI is InChI=1S/C17H26O4/c1-9-12(21-10(2)18)6-11-7-16(5)13(19)8-15(3,4)14(16)17(9,11)20/h11-14,19-20H,1,6-8H2,2-5H3. The number of rotatable bonds is 1. The van der Waals surface area contributed by atoms with Gasteiger partial charge in [-0.3, -0.25) is 4.79 Å². The minimum atomic E-state index is -1.03. The Morgan fingerprint density at radius 3 is 2.52 bits per heavy atom. The number of carbonyl (C=O) groups excluding carboxylic acids is 1. The zero-order valence-corrected chi connectivity index (χ0v) is 13.3. The second-order valence-corrected chi connectivity index (χ2v) is 8.23. The first kappa shape index (κ1) is 15.0. The highest BCUT2D eigenvalue weighted by atomic mass is 16.5. The van der Waals surface area contributed by atoms with Gasteiger partial charge >= 0.3 is 5.97 Å². The van der Waals surface area contributed by atoms with Gasteiger partial charge in [0.15, 0.2) is 0 Å². The Balaban J connectivity index is 2.01. The third kappa shape index (κ3) is 1.72. The van der Waals surface area contributed by atoms with E-state index in [0.29, 0.717) is 18.4 Å². The predicted octanol–water partition coefficient (Wildman–Crippen LogP) is 2.04. The van der Waals surface area contributed by atoms with Crippen molar-refractivity contribution in [3.63, 3.8) is 0 Å². The van der Waals surface area contributed by atoms with Crippen molar-refractivity contribution in [1.29, 1.82) is 0 Å². The topological polar surface area (TPSA) is 66.8 Å². The summed E-state index contributed by atoms with van der Waals surface area (Å²) in [6.45, 7) is 11.8. The number of fused-ring (bicyclic) bond motifs is 3. The summed E-state index contributed by atoms with van der Waals surface area (Å²) in [6, 6.07) is 0. The fraction of sp³-hybridized carbons (Fsp3) is 0.824. The SMILES string of the molecule is C=C1C(OC(C)=O)CC2CC3(C)C(O)CC(C)(C)C3C12O. The molecule has 2 N–H and O–H groups in total. The van der Waals surface area contributed by atoms with Gasteiger partial charge in [0.05, 0.1) is 11.7 Å². The molecule has 3 rings (SSSR count). The molecule has 3 saturated carbocycles. The van der Waals surface area contributed by atoms with Crippen molar-refractivity contribution in [3.8, 4) is 0 Å². The Morgan fingerprint density at radius 1 is 1.33 bits per heavy atom. The zero-order chi connectivity index (χ0) is 15.8. The van der Waals surface area contributed by atoms with Gasteiger partial charge in [0.25, 0.3) is 0 Å². The molecule has 0 spiro atoms. The van der Waals surface area contributed by atoms with Crippen LogP contribution in [0.1, 0.15) is 47.0 Å². The van der Waals surface area contributed by atoms with Crippen LogP contribution >= 0.6 is 0 Å². The van der Waals surface area contributed by atoms with Crippen LogP contribution in [-0.4, -0.2) is 34.0 Å². The predicted molar refractivity (Wildman–Crippen MR) is 78.4 cm³/mol. The molecule has 0 radical (unpaired) electrons. The molecule has 0 heterocycles. The van der Waals surface area contributed by atoms with Gasteiger partial charge in [-0.2, -0.15) is 0 Å². The molecule has 0 aromatic heterocycles. The van der Waals surface area contributed by atoms with Crippen LogP contribution in [0.25, 0.3) is 0 Å². The average Bonchev–Trinajstić information content (AvgIpc) is 2.75. The molecule has 0 amide bonds. The quantitative estimate of drug-likeness (QED) is 0.574. The van der Waals surface area contributed by atoms with Gasteiger partial charge in [-0.1, -0.05) is 27.4 Å². The van der Waals surface area contributed by atoms with Crippen molar-refractivity contribution in [1.82, 2.24) is 0 Å². The van der Waals surface area contributed by atoms with Gasteiger partial charge in [-0.15, -0.1) is 0 Å². The summed E-state index contributed by atoms with van der Waals surface area (Å²) in [7, 11) is 0. The molecule has 3 aliphatic carbocycles. The lowest BCUT2D eigenvalue weighted by atomic mass is 9.66. The first-order valence-corrected chi connectivity index (χ1v) is 7.80. The second kappa shape index (κ2) is 4.11. The van der Waals surface area contributed by atoms with E-state index in [9.17, 15) is 15.0 Å². The van der Waals surface area contributed by atoms with Crippen molar-refractivity contribution < 1.29 is 19.7 Å².